The molecule has 1 heterocycles. The topological polar surface area (TPSA) is 148 Å². The number of hydrogen-bond acceptors (Lipinski definition) is 11. The summed E-state index contributed by atoms with van der Waals surface area (Å²) in [7, 11) is -4.74. The minimum atomic E-state index is -4.74. The predicted molar refractivity (Wildman–Crippen MR) is 259 cm³/mol. The van der Waals surface area contributed by atoms with Crippen LogP contribution in [0.1, 0.15) is 162 Å². The van der Waals surface area contributed by atoms with Crippen LogP contribution in [0.3, 0.4) is 0 Å². The highest BCUT2D eigenvalue weighted by Crippen LogP contribution is 2.52. The number of rotatable bonds is 36. The van der Waals surface area contributed by atoms with Gasteiger partial charge in [-0.15, -0.1) is 0 Å². The van der Waals surface area contributed by atoms with Gasteiger partial charge in [-0.25, -0.2) is 13.8 Å². The molecule has 17 heteroatoms. The summed E-state index contributed by atoms with van der Waals surface area (Å²) in [6.45, 7) is 2.43. The van der Waals surface area contributed by atoms with Gasteiger partial charge in [0.25, 0.3) is 0 Å². The smallest absolute Gasteiger partial charge is 0.462 e. The molecule has 1 fully saturated rings. The zero-order valence-corrected chi connectivity index (χ0v) is 42.3. The summed E-state index contributed by atoms with van der Waals surface area (Å²) < 4.78 is 68.5. The van der Waals surface area contributed by atoms with Crippen molar-refractivity contribution in [2.75, 3.05) is 19.9 Å². The Balaban J connectivity index is 1.78. The summed E-state index contributed by atoms with van der Waals surface area (Å²) in [5.74, 6) is -0.0653. The van der Waals surface area contributed by atoms with E-state index in [2.05, 4.69) is 19.2 Å². The molecular formula is C49H76Cl3FNO11P. The van der Waals surface area contributed by atoms with Crippen molar-refractivity contribution < 1.29 is 56.2 Å². The summed E-state index contributed by atoms with van der Waals surface area (Å²) in [5.41, 5.74) is 0. The van der Waals surface area contributed by atoms with E-state index < -0.39 is 67.7 Å². The first-order valence-corrected chi connectivity index (χ1v) is 26.9. The standard InChI is InChI=1S/C49H76Cl3FNO11P/c1-3-5-7-9-11-13-14-16-18-20-28-34-43(55)61-39(29-23-19-17-15-12-10-8-6-4-2)35-36-59-46-44(54-48(57)60-38-49(50,51)52)47(56)62-42(37-53)45(46)65-66(58,63-40-30-24-21-25-31-40)64-41-32-26-22-27-33-41/h21-22,24-27,30-33,39,42,44-47,56H,3-20,23,28-29,34-38H2,1-2H3,(H,54,57)/t39-,42-,44-,45-,46-,47+/m1/s1. The van der Waals surface area contributed by atoms with Crippen LogP contribution in [0.4, 0.5) is 9.18 Å². The third kappa shape index (κ3) is 25.3. The fourth-order valence-electron chi connectivity index (χ4n) is 7.74. The van der Waals surface area contributed by atoms with Gasteiger partial charge in [-0.3, -0.25) is 9.32 Å². The molecule has 6 atom stereocenters. The largest absolute Gasteiger partial charge is 0.588 e. The minimum absolute atomic E-state index is 0.113. The number of esters is 1. The first-order chi connectivity index (χ1) is 31.9. The van der Waals surface area contributed by atoms with Gasteiger partial charge >= 0.3 is 19.9 Å². The quantitative estimate of drug-likeness (QED) is 0.0291. The summed E-state index contributed by atoms with van der Waals surface area (Å²) in [6, 6.07) is 14.7. The second-order valence-corrected chi connectivity index (χ2v) is 21.0. The van der Waals surface area contributed by atoms with Crippen LogP contribution >= 0.6 is 42.6 Å². The third-order valence-corrected chi connectivity index (χ3v) is 13.0. The number of aliphatic hydroxyl groups excluding tert-OH is 1. The second-order valence-electron chi connectivity index (χ2n) is 17.0. The predicted octanol–water partition coefficient (Wildman–Crippen LogP) is 14.1. The number of phosphoric acid groups is 1. The van der Waals surface area contributed by atoms with E-state index in [1.165, 1.54) is 101 Å². The average molecular weight is 1010 g/mol. The molecule has 2 aromatic rings. The fourth-order valence-corrected chi connectivity index (χ4v) is 9.34. The van der Waals surface area contributed by atoms with E-state index in [0.717, 1.165) is 51.4 Å². The van der Waals surface area contributed by atoms with Crippen LogP contribution in [0.25, 0.3) is 0 Å². The number of aliphatic hydroxyl groups is 1. The summed E-state index contributed by atoms with van der Waals surface area (Å²) in [4.78, 5) is 26.3. The van der Waals surface area contributed by atoms with Crippen LogP contribution in [0.5, 0.6) is 11.5 Å². The lowest BCUT2D eigenvalue weighted by molar-refractivity contribution is -0.254. The molecule has 0 radical (unpaired) electrons. The molecule has 0 aliphatic carbocycles. The Morgan fingerprint density at radius 1 is 0.727 bits per heavy atom. The number of hydrogen-bond donors (Lipinski definition) is 2. The number of halogens is 4. The Bertz CT molecular complexity index is 1570. The molecule has 1 amide bonds. The number of para-hydroxylation sites is 2. The van der Waals surface area contributed by atoms with Crippen molar-refractivity contribution in [3.63, 3.8) is 0 Å². The van der Waals surface area contributed by atoms with E-state index >= 15 is 0 Å². The van der Waals surface area contributed by atoms with Crippen molar-refractivity contribution in [2.24, 2.45) is 0 Å². The Hall–Kier alpha value is -2.35. The Morgan fingerprint density at radius 2 is 1.21 bits per heavy atom. The molecule has 0 bridgehead atoms. The molecule has 1 aliphatic rings. The maximum Gasteiger partial charge on any atom is 0.588 e. The van der Waals surface area contributed by atoms with E-state index in [4.69, 9.17) is 67.3 Å². The Labute approximate surface area is 408 Å². The molecule has 376 valence electrons. The summed E-state index contributed by atoms with van der Waals surface area (Å²) in [6.07, 6.45) is 15.8. The first-order valence-electron chi connectivity index (χ1n) is 24.3. The molecule has 3 rings (SSSR count). The molecule has 0 saturated carbocycles. The molecule has 0 spiro atoms. The minimum Gasteiger partial charge on any atom is -0.462 e. The number of ether oxygens (including phenoxy) is 4. The van der Waals surface area contributed by atoms with Crippen LogP contribution in [0, 0.1) is 0 Å². The second kappa shape index (κ2) is 34.0. The van der Waals surface area contributed by atoms with E-state index in [1.807, 2.05) is 0 Å². The number of unbranched alkanes of at least 4 members (excludes halogenated alkanes) is 18. The number of carbonyl (C=O) groups is 2. The fraction of sp³-hybridized carbons (Fsp3) is 0.714. The lowest BCUT2D eigenvalue weighted by Crippen LogP contribution is -2.65. The normalized spacial score (nSPS) is 19.2. The van der Waals surface area contributed by atoms with Crippen molar-refractivity contribution in [3.8, 4) is 11.5 Å². The molecule has 0 aromatic heterocycles. The van der Waals surface area contributed by atoms with Gasteiger partial charge in [-0.2, -0.15) is 0 Å². The zero-order chi connectivity index (χ0) is 47.9. The van der Waals surface area contributed by atoms with Gasteiger partial charge in [0.2, 0.25) is 3.79 Å². The highest BCUT2D eigenvalue weighted by molar-refractivity contribution is 7.49. The molecule has 0 unspecified atom stereocenters. The zero-order valence-electron chi connectivity index (χ0n) is 39.1. The van der Waals surface area contributed by atoms with Gasteiger partial charge in [0.05, 0.1) is 6.61 Å². The Morgan fingerprint density at radius 3 is 1.70 bits per heavy atom. The summed E-state index contributed by atoms with van der Waals surface area (Å²) >= 11 is 17.4. The van der Waals surface area contributed by atoms with Crippen LogP contribution < -0.4 is 14.4 Å². The van der Waals surface area contributed by atoms with Crippen LogP contribution in [0.2, 0.25) is 0 Å². The lowest BCUT2D eigenvalue weighted by atomic mass is 9.97. The number of nitrogens with one attached hydrogen (secondary N) is 1. The lowest BCUT2D eigenvalue weighted by Gasteiger charge is -2.44. The van der Waals surface area contributed by atoms with Crippen molar-refractivity contribution in [1.29, 1.82) is 0 Å². The highest BCUT2D eigenvalue weighted by atomic mass is 35.6. The Kier molecular flexibility index (Phi) is 29.9. The van der Waals surface area contributed by atoms with E-state index in [1.54, 1.807) is 36.4 Å². The maximum absolute atomic E-state index is 14.9. The van der Waals surface area contributed by atoms with Crippen LogP contribution in [-0.2, 0) is 32.8 Å². The third-order valence-electron chi connectivity index (χ3n) is 11.3. The number of amides is 1. The maximum atomic E-state index is 14.9. The van der Waals surface area contributed by atoms with Crippen molar-refractivity contribution in [1.82, 2.24) is 5.32 Å². The number of alkyl halides is 4. The van der Waals surface area contributed by atoms with Crippen molar-refractivity contribution >= 4 is 54.7 Å². The number of alkyl carbamates (subject to hydrolysis) is 1. The van der Waals surface area contributed by atoms with E-state index in [9.17, 15) is 23.7 Å². The van der Waals surface area contributed by atoms with E-state index in [-0.39, 0.29) is 30.5 Å². The van der Waals surface area contributed by atoms with Gasteiger partial charge in [-0.1, -0.05) is 201 Å². The molecule has 1 saturated heterocycles. The van der Waals surface area contributed by atoms with Crippen molar-refractivity contribution in [3.05, 3.63) is 60.7 Å². The van der Waals surface area contributed by atoms with Gasteiger partial charge in [0.15, 0.2) is 6.29 Å². The SMILES string of the molecule is CCCCCCCCCCCCCC(=O)O[C@H](CCCCCCCCCCC)CCO[C@@H]1[C@@H](NC(=O)OCC(Cl)(Cl)Cl)[C@@H](O)O[C@H](CF)[C@H]1OP(=O)(Oc1ccccc1)Oc1ccccc1. The molecule has 66 heavy (non-hydrogen) atoms. The molecule has 2 aromatic carbocycles. The number of carbonyl (C=O) groups excluding carboxylic acids is 2. The molecule has 1 aliphatic heterocycles. The van der Waals surface area contributed by atoms with Crippen LogP contribution in [-0.4, -0.2) is 77.6 Å². The average Bonchev–Trinajstić information content (AvgIpc) is 3.29. The molecule has 2 N–H and O–H groups in total. The first kappa shape index (κ1) is 58.0. The van der Waals surface area contributed by atoms with Gasteiger partial charge < -0.3 is 38.4 Å². The van der Waals surface area contributed by atoms with Gasteiger partial charge in [0.1, 0.15) is 55.2 Å². The highest BCUT2D eigenvalue weighted by Gasteiger charge is 2.52. The van der Waals surface area contributed by atoms with E-state index in [0.29, 0.717) is 12.8 Å². The van der Waals surface area contributed by atoms with Gasteiger partial charge in [0, 0.05) is 12.8 Å². The number of phosphoric ester groups is 1. The summed E-state index contributed by atoms with van der Waals surface area (Å²) in [5, 5.41) is 13.7. The molecule has 12 nitrogen and oxygen atoms in total. The number of benzene rings is 2. The van der Waals surface area contributed by atoms with Gasteiger partial charge in [-0.05, 0) is 43.5 Å². The monoisotopic (exact) mass is 1010 g/mol. The van der Waals surface area contributed by atoms with Crippen molar-refractivity contribution in [2.45, 2.75) is 202 Å². The van der Waals surface area contributed by atoms with Crippen LogP contribution in [0.15, 0.2) is 60.7 Å². The molecular weight excluding hydrogens is 935 g/mol.